The molecule has 0 aromatic rings. The van der Waals surface area contributed by atoms with Crippen molar-refractivity contribution in [2.24, 2.45) is 5.92 Å². The van der Waals surface area contributed by atoms with Gasteiger partial charge in [0.25, 0.3) is 0 Å². The molecular weight excluding hydrogens is 419 g/mol. The molecular formula is C23H35F5O3. The Bertz CT molecular complexity index is 572. The minimum atomic E-state index is -4.87. The van der Waals surface area contributed by atoms with Gasteiger partial charge in [-0.05, 0) is 12.8 Å². The lowest BCUT2D eigenvalue weighted by Crippen LogP contribution is -2.46. The second kappa shape index (κ2) is 12.9. The van der Waals surface area contributed by atoms with Crippen molar-refractivity contribution in [3.63, 3.8) is 0 Å². The van der Waals surface area contributed by atoms with Crippen LogP contribution in [0.25, 0.3) is 0 Å². The molecule has 1 aliphatic heterocycles. The predicted molar refractivity (Wildman–Crippen MR) is 109 cm³/mol. The maximum atomic E-state index is 13.4. The summed E-state index contributed by atoms with van der Waals surface area (Å²) in [7, 11) is 0. The molecule has 180 valence electrons. The Morgan fingerprint density at radius 1 is 0.968 bits per heavy atom. The van der Waals surface area contributed by atoms with Gasteiger partial charge in [0, 0.05) is 11.5 Å². The number of halogens is 5. The number of hydrogen-bond acceptors (Lipinski definition) is 3. The summed E-state index contributed by atoms with van der Waals surface area (Å²) in [6.07, 6.45) is 8.69. The standard InChI is InChI=1S/C23H35F5O3/c1-2-3-4-5-6-7-8-9-10-18-15-29-21(30-16-18)19-11-13-20(14-12-19)31-23(27,28)22(25,26)17-24/h11-13,18,20-21H,2-10,14-17H2,1H3. The first-order valence-corrected chi connectivity index (χ1v) is 11.4. The van der Waals surface area contributed by atoms with Gasteiger partial charge in [-0.2, -0.15) is 17.6 Å². The van der Waals surface area contributed by atoms with Crippen LogP contribution in [0.5, 0.6) is 0 Å². The number of rotatable bonds is 14. The Morgan fingerprint density at radius 3 is 2.13 bits per heavy atom. The van der Waals surface area contributed by atoms with Gasteiger partial charge in [0.1, 0.15) is 0 Å². The summed E-state index contributed by atoms with van der Waals surface area (Å²) in [6, 6.07) is 0. The molecule has 2 rings (SSSR count). The molecule has 3 nitrogen and oxygen atoms in total. The van der Waals surface area contributed by atoms with E-state index in [1.807, 2.05) is 0 Å². The zero-order valence-corrected chi connectivity index (χ0v) is 18.3. The summed E-state index contributed by atoms with van der Waals surface area (Å²) < 4.78 is 80.5. The van der Waals surface area contributed by atoms with Crippen molar-refractivity contribution >= 4 is 0 Å². The minimum Gasteiger partial charge on any atom is -0.348 e. The lowest BCUT2D eigenvalue weighted by atomic mass is 9.99. The molecule has 0 saturated carbocycles. The summed E-state index contributed by atoms with van der Waals surface area (Å²) in [5.41, 5.74) is 0.644. The van der Waals surface area contributed by atoms with Crippen molar-refractivity contribution in [3.8, 4) is 0 Å². The molecule has 0 N–H and O–H groups in total. The molecule has 0 aromatic carbocycles. The molecule has 2 aliphatic rings. The maximum absolute atomic E-state index is 13.4. The lowest BCUT2D eigenvalue weighted by molar-refractivity contribution is -0.358. The van der Waals surface area contributed by atoms with Crippen LogP contribution in [0.4, 0.5) is 22.0 Å². The molecule has 0 radical (unpaired) electrons. The highest BCUT2D eigenvalue weighted by atomic mass is 19.3. The van der Waals surface area contributed by atoms with Gasteiger partial charge in [-0.15, -0.1) is 0 Å². The number of ether oxygens (including phenoxy) is 3. The predicted octanol–water partition coefficient (Wildman–Crippen LogP) is 6.98. The highest BCUT2D eigenvalue weighted by Gasteiger charge is 2.59. The summed E-state index contributed by atoms with van der Waals surface area (Å²) in [4.78, 5) is 0. The van der Waals surface area contributed by atoms with E-state index in [1.165, 1.54) is 57.1 Å². The van der Waals surface area contributed by atoms with Crippen LogP contribution in [-0.2, 0) is 14.2 Å². The van der Waals surface area contributed by atoms with E-state index in [4.69, 9.17) is 9.47 Å². The second-order valence-corrected chi connectivity index (χ2v) is 8.44. The Labute approximate surface area is 182 Å². The molecule has 0 spiro atoms. The van der Waals surface area contributed by atoms with E-state index in [1.54, 1.807) is 6.08 Å². The van der Waals surface area contributed by atoms with Gasteiger partial charge in [0.15, 0.2) is 13.0 Å². The quantitative estimate of drug-likeness (QED) is 0.209. The Morgan fingerprint density at radius 2 is 1.58 bits per heavy atom. The third-order valence-corrected chi connectivity index (χ3v) is 5.69. The average molecular weight is 455 g/mol. The smallest absolute Gasteiger partial charge is 0.348 e. The fourth-order valence-corrected chi connectivity index (χ4v) is 3.70. The first-order chi connectivity index (χ1) is 14.8. The van der Waals surface area contributed by atoms with Gasteiger partial charge in [0.05, 0.1) is 19.3 Å². The summed E-state index contributed by atoms with van der Waals surface area (Å²) in [5.74, 6) is -4.52. The molecule has 0 bridgehead atoms. The van der Waals surface area contributed by atoms with E-state index in [9.17, 15) is 22.0 Å². The average Bonchev–Trinajstić information content (AvgIpc) is 2.76. The van der Waals surface area contributed by atoms with E-state index in [2.05, 4.69) is 11.7 Å². The molecule has 1 aliphatic carbocycles. The normalized spacial score (nSPS) is 25.0. The van der Waals surface area contributed by atoms with Crippen LogP contribution < -0.4 is 0 Å². The third kappa shape index (κ3) is 8.46. The van der Waals surface area contributed by atoms with Crippen molar-refractivity contribution in [2.45, 2.75) is 95.6 Å². The van der Waals surface area contributed by atoms with Crippen LogP contribution >= 0.6 is 0 Å². The molecule has 1 atom stereocenters. The maximum Gasteiger partial charge on any atom is 0.422 e. The van der Waals surface area contributed by atoms with Crippen molar-refractivity contribution in [1.29, 1.82) is 0 Å². The summed E-state index contributed by atoms with van der Waals surface area (Å²) in [5, 5.41) is 0. The van der Waals surface area contributed by atoms with Crippen LogP contribution in [0.3, 0.4) is 0 Å². The van der Waals surface area contributed by atoms with Crippen molar-refractivity contribution in [3.05, 3.63) is 23.8 Å². The second-order valence-electron chi connectivity index (χ2n) is 8.44. The van der Waals surface area contributed by atoms with Crippen LogP contribution in [0.15, 0.2) is 23.8 Å². The Kier molecular flexibility index (Phi) is 10.9. The van der Waals surface area contributed by atoms with E-state index < -0.39 is 31.1 Å². The lowest BCUT2D eigenvalue weighted by Gasteiger charge is -2.32. The van der Waals surface area contributed by atoms with Gasteiger partial charge in [-0.3, -0.25) is 0 Å². The van der Waals surface area contributed by atoms with Gasteiger partial charge in [0.2, 0.25) is 0 Å². The van der Waals surface area contributed by atoms with Gasteiger partial charge < -0.3 is 14.2 Å². The molecule has 1 fully saturated rings. The molecule has 0 amide bonds. The van der Waals surface area contributed by atoms with Crippen molar-refractivity contribution < 1.29 is 36.2 Å². The van der Waals surface area contributed by atoms with Gasteiger partial charge >= 0.3 is 12.0 Å². The number of alkyl halides is 5. The first-order valence-electron chi connectivity index (χ1n) is 11.4. The fourth-order valence-electron chi connectivity index (χ4n) is 3.70. The van der Waals surface area contributed by atoms with E-state index in [0.29, 0.717) is 24.7 Å². The molecule has 0 aromatic heterocycles. The summed E-state index contributed by atoms with van der Waals surface area (Å²) >= 11 is 0. The van der Waals surface area contributed by atoms with Crippen LogP contribution in [0.1, 0.15) is 71.1 Å². The van der Waals surface area contributed by atoms with Crippen molar-refractivity contribution in [2.75, 3.05) is 19.9 Å². The van der Waals surface area contributed by atoms with E-state index >= 15 is 0 Å². The van der Waals surface area contributed by atoms with Crippen LogP contribution in [-0.4, -0.2) is 44.3 Å². The van der Waals surface area contributed by atoms with E-state index in [-0.39, 0.29) is 6.42 Å². The Hall–Kier alpha value is -0.990. The first kappa shape index (κ1) is 26.3. The molecule has 8 heteroatoms. The number of unbranched alkanes of at least 4 members (excludes halogenated alkanes) is 7. The molecule has 1 unspecified atom stereocenters. The largest absolute Gasteiger partial charge is 0.422 e. The highest BCUT2D eigenvalue weighted by molar-refractivity contribution is 5.27. The SMILES string of the molecule is CCCCCCCCCCC1COC(C2=CCC(OC(F)(F)C(F)(F)CF)C=C2)OC1. The number of hydrogen-bond donors (Lipinski definition) is 0. The molecule has 31 heavy (non-hydrogen) atoms. The monoisotopic (exact) mass is 454 g/mol. The van der Waals surface area contributed by atoms with Crippen LogP contribution in [0.2, 0.25) is 0 Å². The van der Waals surface area contributed by atoms with Gasteiger partial charge in [-0.1, -0.05) is 76.5 Å². The minimum absolute atomic E-state index is 0.0469. The highest BCUT2D eigenvalue weighted by Crippen LogP contribution is 2.38. The molecule has 1 saturated heterocycles. The third-order valence-electron chi connectivity index (χ3n) is 5.69. The molecule has 1 heterocycles. The topological polar surface area (TPSA) is 27.7 Å². The fraction of sp³-hybridized carbons (Fsp3) is 0.826. The van der Waals surface area contributed by atoms with Crippen LogP contribution in [0, 0.1) is 5.92 Å². The zero-order valence-electron chi connectivity index (χ0n) is 18.3. The van der Waals surface area contributed by atoms with E-state index in [0.717, 1.165) is 12.8 Å². The zero-order chi connectivity index (χ0) is 22.7. The Balaban J connectivity index is 1.63. The van der Waals surface area contributed by atoms with Crippen molar-refractivity contribution in [1.82, 2.24) is 0 Å². The summed E-state index contributed by atoms with van der Waals surface area (Å²) in [6.45, 7) is 0.856. The van der Waals surface area contributed by atoms with Gasteiger partial charge in [-0.25, -0.2) is 4.39 Å².